The molecule has 0 heteroatoms. The summed E-state index contributed by atoms with van der Waals surface area (Å²) in [6, 6.07) is 0. The van der Waals surface area contributed by atoms with Gasteiger partial charge in [0.25, 0.3) is 0 Å². The van der Waals surface area contributed by atoms with Crippen molar-refractivity contribution < 1.29 is 0 Å². The molecular weight excluding hydrogens is 204 g/mol. The molecule has 0 fully saturated rings. The minimum atomic E-state index is 0.468. The van der Waals surface area contributed by atoms with Crippen molar-refractivity contribution in [2.24, 2.45) is 5.92 Å². The van der Waals surface area contributed by atoms with Crippen LogP contribution < -0.4 is 0 Å². The van der Waals surface area contributed by atoms with E-state index in [2.05, 4.69) is 56.9 Å². The van der Waals surface area contributed by atoms with E-state index in [1.807, 2.05) is 19.9 Å². The number of hydrogen-bond acceptors (Lipinski definition) is 0. The molecule has 1 aliphatic rings. The van der Waals surface area contributed by atoms with Gasteiger partial charge in [-0.15, -0.1) is 0 Å². The van der Waals surface area contributed by atoms with Crippen molar-refractivity contribution in [3.63, 3.8) is 0 Å². The lowest BCUT2D eigenvalue weighted by atomic mass is 9.89. The van der Waals surface area contributed by atoms with Gasteiger partial charge in [-0.1, -0.05) is 69.9 Å². The van der Waals surface area contributed by atoms with Gasteiger partial charge < -0.3 is 0 Å². The fourth-order valence-electron chi connectivity index (χ4n) is 1.82. The highest BCUT2D eigenvalue weighted by Crippen LogP contribution is 2.25. The summed E-state index contributed by atoms with van der Waals surface area (Å²) in [4.78, 5) is 0. The monoisotopic (exact) mass is 230 g/mol. The summed E-state index contributed by atoms with van der Waals surface area (Å²) < 4.78 is 0. The highest BCUT2D eigenvalue weighted by atomic mass is 14.1. The summed E-state index contributed by atoms with van der Waals surface area (Å²) in [5, 5.41) is 0. The third-order valence-electron chi connectivity index (χ3n) is 2.69. The molecule has 0 spiro atoms. The molecule has 17 heavy (non-hydrogen) atoms. The fraction of sp³-hybridized carbons (Fsp3) is 0.412. The van der Waals surface area contributed by atoms with E-state index < -0.39 is 0 Å². The fourth-order valence-corrected chi connectivity index (χ4v) is 1.82. The Morgan fingerprint density at radius 3 is 2.53 bits per heavy atom. The van der Waals surface area contributed by atoms with E-state index in [4.69, 9.17) is 0 Å². The molecule has 0 N–H and O–H groups in total. The topological polar surface area (TPSA) is 0 Å². The van der Waals surface area contributed by atoms with Crippen molar-refractivity contribution in [2.45, 2.75) is 40.5 Å². The molecule has 0 aromatic carbocycles. The molecule has 0 heterocycles. The molecule has 0 saturated heterocycles. The highest BCUT2D eigenvalue weighted by molar-refractivity contribution is 5.37. The normalized spacial score (nSPS) is 17.2. The molecule has 94 valence electrons. The Balaban J connectivity index is 0.00000121. The molecule has 0 aliphatic heterocycles. The predicted molar refractivity (Wildman–Crippen MR) is 80.1 cm³/mol. The van der Waals surface area contributed by atoms with Crippen LogP contribution in [-0.2, 0) is 0 Å². The summed E-state index contributed by atoms with van der Waals surface area (Å²) in [6.45, 7) is 12.1. The van der Waals surface area contributed by atoms with E-state index in [1.54, 1.807) is 0 Å². The zero-order valence-electron chi connectivity index (χ0n) is 11.7. The van der Waals surface area contributed by atoms with Crippen LogP contribution >= 0.6 is 0 Å². The van der Waals surface area contributed by atoms with Crippen LogP contribution in [0.5, 0.6) is 0 Å². The Bertz CT molecular complexity index is 324. The zero-order valence-corrected chi connectivity index (χ0v) is 11.7. The summed E-state index contributed by atoms with van der Waals surface area (Å²) in [5.74, 6) is 0.468. The van der Waals surface area contributed by atoms with Crippen molar-refractivity contribution in [2.75, 3.05) is 0 Å². The Morgan fingerprint density at radius 2 is 2.06 bits per heavy atom. The summed E-state index contributed by atoms with van der Waals surface area (Å²) in [7, 11) is 0. The first-order valence-corrected chi connectivity index (χ1v) is 6.61. The first kappa shape index (κ1) is 15.7. The molecule has 0 radical (unpaired) electrons. The molecule has 1 atom stereocenters. The molecule has 1 rings (SSSR count). The predicted octanol–water partition coefficient (Wildman–Crippen LogP) is 5.61. The van der Waals surface area contributed by atoms with Crippen LogP contribution in [0.4, 0.5) is 0 Å². The quantitative estimate of drug-likeness (QED) is 0.550. The SMILES string of the molecule is C=C/C=C(\C=C/C)C(C)C1=CCCC=C1.CC. The smallest absolute Gasteiger partial charge is 0.00576 e. The van der Waals surface area contributed by atoms with Gasteiger partial charge in [-0.05, 0) is 30.9 Å². The number of hydrogen-bond donors (Lipinski definition) is 0. The largest absolute Gasteiger partial charge is 0.0991 e. The Labute approximate surface area is 107 Å². The van der Waals surface area contributed by atoms with Crippen LogP contribution in [0.1, 0.15) is 40.5 Å². The summed E-state index contributed by atoms with van der Waals surface area (Å²) in [6.07, 6.45) is 17.4. The van der Waals surface area contributed by atoms with Crippen LogP contribution in [-0.4, -0.2) is 0 Å². The Hall–Kier alpha value is -1.30. The van der Waals surface area contributed by atoms with Gasteiger partial charge in [0.15, 0.2) is 0 Å². The molecule has 1 aliphatic carbocycles. The van der Waals surface area contributed by atoms with Crippen LogP contribution in [0.25, 0.3) is 0 Å². The van der Waals surface area contributed by atoms with Gasteiger partial charge >= 0.3 is 0 Å². The molecule has 0 bridgehead atoms. The van der Waals surface area contributed by atoms with Gasteiger partial charge in [-0.25, -0.2) is 0 Å². The van der Waals surface area contributed by atoms with E-state index in [-0.39, 0.29) is 0 Å². The average molecular weight is 230 g/mol. The number of rotatable bonds is 4. The molecule has 0 aromatic rings. The first-order valence-electron chi connectivity index (χ1n) is 6.61. The van der Waals surface area contributed by atoms with Gasteiger partial charge in [-0.2, -0.15) is 0 Å². The van der Waals surface area contributed by atoms with E-state index in [9.17, 15) is 0 Å². The summed E-state index contributed by atoms with van der Waals surface area (Å²) in [5.41, 5.74) is 2.75. The van der Waals surface area contributed by atoms with Crippen LogP contribution in [0.3, 0.4) is 0 Å². The van der Waals surface area contributed by atoms with Crippen LogP contribution in [0.15, 0.2) is 60.3 Å². The van der Waals surface area contributed by atoms with Gasteiger partial charge in [-0.3, -0.25) is 0 Å². The van der Waals surface area contributed by atoms with E-state index in [0.29, 0.717) is 5.92 Å². The second-order valence-corrected chi connectivity index (χ2v) is 3.81. The molecule has 0 nitrogen and oxygen atoms in total. The lowest BCUT2D eigenvalue weighted by Crippen LogP contribution is -2.02. The van der Waals surface area contributed by atoms with Crippen LogP contribution in [0, 0.1) is 5.92 Å². The first-order chi connectivity index (χ1) is 8.29. The third-order valence-corrected chi connectivity index (χ3v) is 2.69. The standard InChI is InChI=1S/C15H20.C2H6/c1-4-9-14(10-5-2)13(3)15-11-7-6-8-12-15;1-2/h4-5,7,9-13H,1,6,8H2,2-3H3;1-2H3/b10-5-,14-9+;. The Kier molecular flexibility index (Phi) is 9.14. The lowest BCUT2D eigenvalue weighted by molar-refractivity contribution is 0.822. The average Bonchev–Trinajstić information content (AvgIpc) is 2.41. The second kappa shape index (κ2) is 9.89. The van der Waals surface area contributed by atoms with Crippen molar-refractivity contribution in [3.05, 3.63) is 60.3 Å². The van der Waals surface area contributed by atoms with Crippen LogP contribution in [0.2, 0.25) is 0 Å². The van der Waals surface area contributed by atoms with Crippen molar-refractivity contribution in [1.29, 1.82) is 0 Å². The van der Waals surface area contributed by atoms with Gasteiger partial charge in [0, 0.05) is 5.92 Å². The maximum atomic E-state index is 3.76. The minimum Gasteiger partial charge on any atom is -0.0991 e. The van der Waals surface area contributed by atoms with Crippen molar-refractivity contribution in [1.82, 2.24) is 0 Å². The zero-order chi connectivity index (χ0) is 13.1. The molecule has 0 aromatic heterocycles. The number of allylic oxidation sites excluding steroid dienone is 9. The highest BCUT2D eigenvalue weighted by Gasteiger charge is 2.10. The van der Waals surface area contributed by atoms with Crippen molar-refractivity contribution >= 4 is 0 Å². The lowest BCUT2D eigenvalue weighted by Gasteiger charge is -2.16. The maximum Gasteiger partial charge on any atom is 0.00576 e. The van der Waals surface area contributed by atoms with E-state index >= 15 is 0 Å². The molecular formula is C17H26. The summed E-state index contributed by atoms with van der Waals surface area (Å²) >= 11 is 0. The molecule has 0 saturated carbocycles. The maximum absolute atomic E-state index is 3.76. The molecule has 1 unspecified atom stereocenters. The second-order valence-electron chi connectivity index (χ2n) is 3.81. The van der Waals surface area contributed by atoms with Gasteiger partial charge in [0.1, 0.15) is 0 Å². The van der Waals surface area contributed by atoms with E-state index in [0.717, 1.165) is 0 Å². The third kappa shape index (κ3) is 5.53. The van der Waals surface area contributed by atoms with E-state index in [1.165, 1.54) is 24.0 Å². The Morgan fingerprint density at radius 1 is 1.35 bits per heavy atom. The minimum absolute atomic E-state index is 0.468. The van der Waals surface area contributed by atoms with Gasteiger partial charge in [0.2, 0.25) is 0 Å². The molecule has 0 amide bonds. The van der Waals surface area contributed by atoms with Gasteiger partial charge in [0.05, 0.1) is 0 Å². The van der Waals surface area contributed by atoms with Crippen molar-refractivity contribution in [3.8, 4) is 0 Å².